The Hall–Kier alpha value is -5.25. The second-order valence-corrected chi connectivity index (χ2v) is 13.1. The number of phenolic OH excluding ortho intramolecular Hbond substituents is 1. The van der Waals surface area contributed by atoms with E-state index in [2.05, 4.69) is 25.7 Å². The van der Waals surface area contributed by atoms with Crippen LogP contribution >= 0.6 is 0 Å². The number of halogens is 3. The first-order valence-electron chi connectivity index (χ1n) is 17.3. The molecule has 15 heteroatoms. The van der Waals surface area contributed by atoms with Gasteiger partial charge in [-0.05, 0) is 79.3 Å². The summed E-state index contributed by atoms with van der Waals surface area (Å²) in [5.74, 6) is -2.78. The van der Waals surface area contributed by atoms with E-state index < -0.39 is 24.4 Å². The van der Waals surface area contributed by atoms with Gasteiger partial charge in [0.15, 0.2) is 0 Å². The molecule has 2 heterocycles. The van der Waals surface area contributed by atoms with Crippen molar-refractivity contribution in [3.05, 3.63) is 105 Å². The fourth-order valence-corrected chi connectivity index (χ4v) is 6.17. The van der Waals surface area contributed by atoms with Crippen LogP contribution in [-0.2, 0) is 27.3 Å². The van der Waals surface area contributed by atoms with Gasteiger partial charge in [0.25, 0.3) is 5.91 Å². The first-order chi connectivity index (χ1) is 25.2. The third-order valence-corrected chi connectivity index (χ3v) is 9.05. The number of nitrogens with zero attached hydrogens (tertiary/aromatic N) is 1. The van der Waals surface area contributed by atoms with Gasteiger partial charge in [0.1, 0.15) is 11.9 Å². The molecule has 1 unspecified atom stereocenters. The van der Waals surface area contributed by atoms with Crippen LogP contribution in [0, 0.1) is 0 Å². The van der Waals surface area contributed by atoms with Crippen molar-refractivity contribution >= 4 is 34.4 Å². The first kappa shape index (κ1) is 39.0. The van der Waals surface area contributed by atoms with Crippen molar-refractivity contribution in [2.75, 3.05) is 31.5 Å². The van der Waals surface area contributed by atoms with Gasteiger partial charge in [-0.15, -0.1) is 0 Å². The molecule has 0 saturated carbocycles. The number of nitrogens with one attached hydrogen (secondary N) is 4. The second-order valence-electron chi connectivity index (χ2n) is 13.1. The van der Waals surface area contributed by atoms with Gasteiger partial charge in [-0.1, -0.05) is 30.3 Å². The molecule has 0 spiro atoms. The third-order valence-electron chi connectivity index (χ3n) is 9.05. The topological polar surface area (TPSA) is 173 Å². The number of aromatic nitrogens is 1. The number of aromatic amines is 1. The van der Waals surface area contributed by atoms with Crippen LogP contribution in [0.15, 0.2) is 77.6 Å². The number of amides is 2. The predicted octanol–water partition coefficient (Wildman–Crippen LogP) is 4.32. The number of hydrogen-bond acceptors (Lipinski definition) is 9. The number of benzene rings is 3. The average molecular weight is 738 g/mol. The minimum Gasteiger partial charge on any atom is -0.506 e. The molecule has 1 aliphatic rings. The quantitative estimate of drug-likeness (QED) is 0.103. The number of fused-ring (bicyclic) bond motifs is 1. The summed E-state index contributed by atoms with van der Waals surface area (Å²) in [5.41, 5.74) is 3.27. The summed E-state index contributed by atoms with van der Waals surface area (Å²) in [6.07, 6.45) is -5.32. The Morgan fingerprint density at radius 3 is 2.45 bits per heavy atom. The molecule has 4 aromatic rings. The Morgan fingerprint density at radius 1 is 1.00 bits per heavy atom. The number of hydrogen-bond donors (Lipinski definition) is 6. The number of aliphatic hydroxyl groups is 1. The SMILES string of the molecule is CC(Cc1ccc(NC(=O)c2cccc(CNC(=O)CCN3CCC(OC(=O)C(F)(F)F)CC3)c2)cc1)NC[C@H](O)c1ccc(O)c2[nH]c(=O)ccc12. The van der Waals surface area contributed by atoms with E-state index >= 15 is 0 Å². The number of pyridine rings is 1. The van der Waals surface area contributed by atoms with Crippen molar-refractivity contribution in [3.63, 3.8) is 0 Å². The zero-order valence-electron chi connectivity index (χ0n) is 29.0. The molecule has 3 aromatic carbocycles. The lowest BCUT2D eigenvalue weighted by Gasteiger charge is -2.31. The van der Waals surface area contributed by atoms with E-state index in [0.717, 1.165) is 11.1 Å². The Labute approximate surface area is 303 Å². The van der Waals surface area contributed by atoms with Gasteiger partial charge < -0.3 is 40.8 Å². The minimum atomic E-state index is -5.01. The zero-order chi connectivity index (χ0) is 38.1. The van der Waals surface area contributed by atoms with Crippen molar-refractivity contribution in [1.29, 1.82) is 0 Å². The van der Waals surface area contributed by atoms with Crippen LogP contribution < -0.4 is 21.5 Å². The van der Waals surface area contributed by atoms with Crippen LogP contribution in [-0.4, -0.2) is 82.4 Å². The summed E-state index contributed by atoms with van der Waals surface area (Å²) >= 11 is 0. The molecular formula is C38H42F3N5O7. The maximum atomic E-state index is 13.0. The fraction of sp³-hybridized carbons (Fsp3) is 0.368. The summed E-state index contributed by atoms with van der Waals surface area (Å²) in [6.45, 7) is 3.68. The lowest BCUT2D eigenvalue weighted by Crippen LogP contribution is -2.41. The Balaban J connectivity index is 1.02. The van der Waals surface area contributed by atoms with Crippen LogP contribution in [0.25, 0.3) is 10.9 Å². The summed E-state index contributed by atoms with van der Waals surface area (Å²) in [5, 5.41) is 30.6. The van der Waals surface area contributed by atoms with E-state index in [1.807, 2.05) is 24.0 Å². The number of aromatic hydroxyl groups is 1. The number of esters is 1. The maximum absolute atomic E-state index is 13.0. The van der Waals surface area contributed by atoms with E-state index in [0.29, 0.717) is 48.3 Å². The summed E-state index contributed by atoms with van der Waals surface area (Å²) in [6, 6.07) is 20.3. The van der Waals surface area contributed by atoms with Crippen LogP contribution in [0.5, 0.6) is 5.75 Å². The van der Waals surface area contributed by atoms with Crippen molar-refractivity contribution in [2.45, 2.75) is 63.6 Å². The number of carbonyl (C=O) groups excluding carboxylic acids is 3. The largest absolute Gasteiger partial charge is 0.506 e. The molecule has 1 fully saturated rings. The van der Waals surface area contributed by atoms with Crippen LogP contribution in [0.2, 0.25) is 0 Å². The molecule has 1 aliphatic heterocycles. The molecule has 53 heavy (non-hydrogen) atoms. The molecule has 2 amide bonds. The van der Waals surface area contributed by atoms with Gasteiger partial charge in [0.2, 0.25) is 11.5 Å². The number of likely N-dealkylation sites (tertiary alicyclic amines) is 1. The average Bonchev–Trinajstić information content (AvgIpc) is 3.13. The number of carbonyl (C=O) groups is 3. The molecule has 1 aromatic heterocycles. The van der Waals surface area contributed by atoms with Crippen LogP contribution in [0.4, 0.5) is 18.9 Å². The number of alkyl halides is 3. The number of rotatable bonds is 14. The molecule has 1 saturated heterocycles. The van der Waals surface area contributed by atoms with Gasteiger partial charge in [-0.2, -0.15) is 13.2 Å². The Morgan fingerprint density at radius 2 is 1.74 bits per heavy atom. The van der Waals surface area contributed by atoms with E-state index in [1.54, 1.807) is 48.5 Å². The van der Waals surface area contributed by atoms with Gasteiger partial charge >= 0.3 is 12.1 Å². The highest BCUT2D eigenvalue weighted by molar-refractivity contribution is 6.04. The molecular weight excluding hydrogens is 695 g/mol. The van der Waals surface area contributed by atoms with E-state index in [4.69, 9.17) is 0 Å². The summed E-state index contributed by atoms with van der Waals surface area (Å²) in [4.78, 5) is 52.8. The van der Waals surface area contributed by atoms with E-state index in [1.165, 1.54) is 12.1 Å². The third kappa shape index (κ3) is 11.1. The molecule has 12 nitrogen and oxygen atoms in total. The number of phenols is 1. The number of ether oxygens (including phenoxy) is 1. The molecule has 282 valence electrons. The van der Waals surface area contributed by atoms with Crippen molar-refractivity contribution in [2.24, 2.45) is 0 Å². The Kier molecular flexibility index (Phi) is 12.9. The molecule has 5 rings (SSSR count). The normalized spacial score (nSPS) is 15.1. The molecule has 0 radical (unpaired) electrons. The predicted molar refractivity (Wildman–Crippen MR) is 191 cm³/mol. The zero-order valence-corrected chi connectivity index (χ0v) is 29.0. The highest BCUT2D eigenvalue weighted by Crippen LogP contribution is 2.29. The summed E-state index contributed by atoms with van der Waals surface area (Å²) < 4.78 is 41.8. The fourth-order valence-electron chi connectivity index (χ4n) is 6.17. The van der Waals surface area contributed by atoms with Crippen molar-refractivity contribution in [3.8, 4) is 5.75 Å². The van der Waals surface area contributed by atoms with Crippen LogP contribution in [0.1, 0.15) is 59.3 Å². The smallest absolute Gasteiger partial charge is 0.490 e. The number of anilines is 1. The molecule has 0 aliphatic carbocycles. The van der Waals surface area contributed by atoms with Crippen molar-refractivity contribution in [1.82, 2.24) is 20.5 Å². The Bertz CT molecular complexity index is 1960. The maximum Gasteiger partial charge on any atom is 0.490 e. The van der Waals surface area contributed by atoms with Gasteiger partial charge in [0, 0.05) is 67.9 Å². The second kappa shape index (κ2) is 17.5. The monoisotopic (exact) mass is 737 g/mol. The highest BCUT2D eigenvalue weighted by atomic mass is 19.4. The summed E-state index contributed by atoms with van der Waals surface area (Å²) in [7, 11) is 0. The first-order valence-corrected chi connectivity index (χ1v) is 17.3. The van der Waals surface area contributed by atoms with Crippen LogP contribution in [0.3, 0.4) is 0 Å². The van der Waals surface area contributed by atoms with E-state index in [-0.39, 0.29) is 67.0 Å². The number of aliphatic hydroxyl groups excluding tert-OH is 1. The van der Waals surface area contributed by atoms with Gasteiger partial charge in [-0.3, -0.25) is 14.4 Å². The van der Waals surface area contributed by atoms with Gasteiger partial charge in [-0.25, -0.2) is 4.79 Å². The highest BCUT2D eigenvalue weighted by Gasteiger charge is 2.42. The minimum absolute atomic E-state index is 0.00298. The lowest BCUT2D eigenvalue weighted by atomic mass is 10.0. The molecule has 0 bridgehead atoms. The number of piperidine rings is 1. The molecule has 6 N–H and O–H groups in total. The van der Waals surface area contributed by atoms with E-state index in [9.17, 15) is 42.6 Å². The lowest BCUT2D eigenvalue weighted by molar-refractivity contribution is -0.206. The molecule has 2 atom stereocenters. The van der Waals surface area contributed by atoms with Crippen molar-refractivity contribution < 1.29 is 42.5 Å². The van der Waals surface area contributed by atoms with Gasteiger partial charge in [0.05, 0.1) is 11.6 Å². The standard InChI is InChI=1S/C38H42F3N5O7/c1-23(42-22-32(48)29-9-11-31(47)35-30(29)10-12-34(50)45-35)19-24-5-7-27(8-6-24)44-36(51)26-4-2-3-25(20-26)21-43-33(49)15-18-46-16-13-28(14-17-46)53-37(52)38(39,40)41/h2-12,20,23,28,32,42,47-48H,13-19,21-22H2,1H3,(H,43,49)(H,44,51)(H,45,50)/t23?,32-/m0/s1. The number of H-pyrrole nitrogens is 1.